The molecule has 1 N–H and O–H groups in total. The van der Waals surface area contributed by atoms with Crippen molar-refractivity contribution in [2.45, 2.75) is 0 Å². The largest absolute Gasteiger partial charge is 0.452 e. The monoisotopic (exact) mass is 385 g/mol. The summed E-state index contributed by atoms with van der Waals surface area (Å²) in [7, 11) is 0. The fourth-order valence-electron chi connectivity index (χ4n) is 2.28. The Morgan fingerprint density at radius 1 is 1.19 bits per heavy atom. The first kappa shape index (κ1) is 16.4. The average Bonchev–Trinajstić information content (AvgIpc) is 3.39. The number of amides is 1. The first-order chi connectivity index (χ1) is 12.7. The highest BCUT2D eigenvalue weighted by Gasteiger charge is 2.16. The Kier molecular flexibility index (Phi) is 4.46. The molecule has 4 aromatic rings. The number of anilines is 1. The summed E-state index contributed by atoms with van der Waals surface area (Å²) >= 11 is 2.88. The van der Waals surface area contributed by atoms with E-state index in [4.69, 9.17) is 9.15 Å². The van der Waals surface area contributed by atoms with E-state index in [1.54, 1.807) is 29.5 Å². The number of nitrogens with zero attached hydrogens (tertiary/aromatic N) is 2. The van der Waals surface area contributed by atoms with Crippen LogP contribution in [0.15, 0.2) is 51.9 Å². The van der Waals surface area contributed by atoms with Crippen molar-refractivity contribution in [1.82, 2.24) is 9.97 Å². The van der Waals surface area contributed by atoms with Crippen LogP contribution in [0.5, 0.6) is 0 Å². The number of carbonyl (C=O) groups is 2. The summed E-state index contributed by atoms with van der Waals surface area (Å²) in [6.45, 7) is -0.416. The minimum absolute atomic E-state index is 0.248. The van der Waals surface area contributed by atoms with E-state index in [-0.39, 0.29) is 5.56 Å². The molecule has 1 aromatic carbocycles. The van der Waals surface area contributed by atoms with Crippen molar-refractivity contribution in [1.29, 1.82) is 0 Å². The second-order valence-corrected chi connectivity index (χ2v) is 6.95. The molecule has 0 aliphatic heterocycles. The van der Waals surface area contributed by atoms with Gasteiger partial charge in [0.1, 0.15) is 5.52 Å². The number of rotatable bonds is 5. The molecule has 0 radical (unpaired) electrons. The zero-order valence-corrected chi connectivity index (χ0v) is 14.8. The predicted octanol–water partition coefficient (Wildman–Crippen LogP) is 3.81. The van der Waals surface area contributed by atoms with Gasteiger partial charge in [0.15, 0.2) is 23.7 Å². The molecule has 3 aromatic heterocycles. The molecule has 0 atom stereocenters. The van der Waals surface area contributed by atoms with Crippen molar-refractivity contribution in [3.05, 3.63) is 53.0 Å². The van der Waals surface area contributed by atoms with Crippen LogP contribution in [-0.4, -0.2) is 28.5 Å². The van der Waals surface area contributed by atoms with Crippen LogP contribution in [0, 0.1) is 0 Å². The highest BCUT2D eigenvalue weighted by atomic mass is 32.1. The van der Waals surface area contributed by atoms with Gasteiger partial charge in [-0.3, -0.25) is 10.1 Å². The first-order valence-corrected chi connectivity index (χ1v) is 9.25. The Hall–Kier alpha value is -3.04. The number of thiophene rings is 1. The number of thiazole rings is 1. The maximum Gasteiger partial charge on any atom is 0.340 e. The summed E-state index contributed by atoms with van der Waals surface area (Å²) in [4.78, 5) is 33.5. The highest BCUT2D eigenvalue weighted by Crippen LogP contribution is 2.28. The van der Waals surface area contributed by atoms with Gasteiger partial charge >= 0.3 is 5.97 Å². The average molecular weight is 385 g/mol. The van der Waals surface area contributed by atoms with Crippen LogP contribution in [0.3, 0.4) is 0 Å². The van der Waals surface area contributed by atoms with Gasteiger partial charge in [-0.1, -0.05) is 12.1 Å². The van der Waals surface area contributed by atoms with E-state index >= 15 is 0 Å². The third kappa shape index (κ3) is 3.35. The van der Waals surface area contributed by atoms with Crippen LogP contribution in [0.2, 0.25) is 0 Å². The van der Waals surface area contributed by atoms with Gasteiger partial charge in [0, 0.05) is 5.38 Å². The molecule has 0 saturated carbocycles. The van der Waals surface area contributed by atoms with E-state index < -0.39 is 18.5 Å². The van der Waals surface area contributed by atoms with Gasteiger partial charge in [0.25, 0.3) is 5.91 Å². The Morgan fingerprint density at radius 3 is 2.96 bits per heavy atom. The van der Waals surface area contributed by atoms with Crippen LogP contribution < -0.4 is 5.32 Å². The summed E-state index contributed by atoms with van der Waals surface area (Å²) in [5.41, 5.74) is 1.93. The lowest BCUT2D eigenvalue weighted by atomic mass is 10.2. The molecule has 4 rings (SSSR count). The fraction of sp³-hybridized carbons (Fsp3) is 0.0588. The van der Waals surface area contributed by atoms with Crippen LogP contribution >= 0.6 is 22.7 Å². The van der Waals surface area contributed by atoms with Gasteiger partial charge in [-0.15, -0.1) is 22.7 Å². The number of hydrogen-bond donors (Lipinski definition) is 1. The maximum absolute atomic E-state index is 12.2. The van der Waals surface area contributed by atoms with Gasteiger partial charge in [0.05, 0.1) is 16.1 Å². The quantitative estimate of drug-likeness (QED) is 0.525. The summed E-state index contributed by atoms with van der Waals surface area (Å²) in [5, 5.41) is 6.90. The van der Waals surface area contributed by atoms with Crippen molar-refractivity contribution < 1.29 is 18.7 Å². The summed E-state index contributed by atoms with van der Waals surface area (Å²) in [6, 6.07) is 8.81. The number of esters is 1. The normalized spacial score (nSPS) is 10.8. The minimum Gasteiger partial charge on any atom is -0.452 e. The molecule has 26 heavy (non-hydrogen) atoms. The number of aromatic nitrogens is 2. The molecule has 0 spiro atoms. The molecule has 9 heteroatoms. The Morgan fingerprint density at radius 2 is 2.12 bits per heavy atom. The van der Waals surface area contributed by atoms with Crippen molar-refractivity contribution in [2.75, 3.05) is 11.9 Å². The molecule has 3 heterocycles. The second kappa shape index (κ2) is 7.06. The lowest BCUT2D eigenvalue weighted by Crippen LogP contribution is -2.21. The van der Waals surface area contributed by atoms with E-state index in [2.05, 4.69) is 15.3 Å². The van der Waals surface area contributed by atoms with Crippen LogP contribution in [-0.2, 0) is 9.53 Å². The molecular formula is C17H11N3O4S2. The topological polar surface area (TPSA) is 94.3 Å². The molecule has 0 aliphatic rings. The molecular weight excluding hydrogens is 374 g/mol. The minimum atomic E-state index is -0.641. The summed E-state index contributed by atoms with van der Waals surface area (Å²) in [5.74, 6) is -1.10. The SMILES string of the molecule is O=C(COC(=O)c1cccc2ocnc12)Nc1nc(-c2cccs2)cs1. The first-order valence-electron chi connectivity index (χ1n) is 7.49. The van der Waals surface area contributed by atoms with Crippen molar-refractivity contribution in [2.24, 2.45) is 0 Å². The van der Waals surface area contributed by atoms with Gasteiger partial charge < -0.3 is 9.15 Å². The second-order valence-electron chi connectivity index (χ2n) is 5.14. The van der Waals surface area contributed by atoms with Crippen LogP contribution in [0.25, 0.3) is 21.7 Å². The number of fused-ring (bicyclic) bond motifs is 1. The number of para-hydroxylation sites is 1. The zero-order valence-electron chi connectivity index (χ0n) is 13.2. The van der Waals surface area contributed by atoms with Crippen molar-refractivity contribution in [3.8, 4) is 10.6 Å². The number of oxazole rings is 1. The zero-order chi connectivity index (χ0) is 17.9. The third-order valence-corrected chi connectivity index (χ3v) is 5.09. The fourth-order valence-corrected chi connectivity index (χ4v) is 3.77. The molecule has 130 valence electrons. The number of benzene rings is 1. The van der Waals surface area contributed by atoms with Crippen molar-refractivity contribution >= 4 is 50.8 Å². The highest BCUT2D eigenvalue weighted by molar-refractivity contribution is 7.16. The summed E-state index contributed by atoms with van der Waals surface area (Å²) < 4.78 is 10.2. The standard InChI is InChI=1S/C17H11N3O4S2/c21-14(20-17-19-11(8-26-17)13-5-2-6-25-13)7-23-16(22)10-3-1-4-12-15(10)18-9-24-12/h1-6,8-9H,7H2,(H,19,20,21). The van der Waals surface area contributed by atoms with Gasteiger partial charge in [-0.05, 0) is 23.6 Å². The number of carbonyl (C=O) groups excluding carboxylic acids is 2. The van der Waals surface area contributed by atoms with E-state index in [0.29, 0.717) is 16.2 Å². The molecule has 0 fully saturated rings. The van der Waals surface area contributed by atoms with Gasteiger partial charge in [0.2, 0.25) is 0 Å². The van der Waals surface area contributed by atoms with E-state index in [9.17, 15) is 9.59 Å². The van der Waals surface area contributed by atoms with Gasteiger partial charge in [-0.2, -0.15) is 0 Å². The maximum atomic E-state index is 12.2. The van der Waals surface area contributed by atoms with E-state index in [0.717, 1.165) is 10.6 Å². The van der Waals surface area contributed by atoms with Crippen LogP contribution in [0.4, 0.5) is 5.13 Å². The molecule has 0 aliphatic carbocycles. The molecule has 7 nitrogen and oxygen atoms in total. The third-order valence-electron chi connectivity index (χ3n) is 3.44. The molecule has 0 bridgehead atoms. The number of hydrogen-bond acceptors (Lipinski definition) is 8. The predicted molar refractivity (Wildman–Crippen MR) is 98.3 cm³/mol. The Balaban J connectivity index is 1.37. The Bertz CT molecular complexity index is 1070. The summed E-state index contributed by atoms with van der Waals surface area (Å²) in [6.07, 6.45) is 1.25. The number of ether oxygens (including phenoxy) is 1. The van der Waals surface area contributed by atoms with Gasteiger partial charge in [-0.25, -0.2) is 14.8 Å². The lowest BCUT2D eigenvalue weighted by Gasteiger charge is -2.05. The number of nitrogens with one attached hydrogen (secondary N) is 1. The molecule has 0 unspecified atom stereocenters. The van der Waals surface area contributed by atoms with Crippen molar-refractivity contribution in [3.63, 3.8) is 0 Å². The molecule has 0 saturated heterocycles. The molecule has 1 amide bonds. The van der Waals surface area contributed by atoms with E-state index in [1.807, 2.05) is 22.9 Å². The van der Waals surface area contributed by atoms with Crippen LogP contribution in [0.1, 0.15) is 10.4 Å². The lowest BCUT2D eigenvalue weighted by molar-refractivity contribution is -0.119. The Labute approximate surface area is 155 Å². The van der Waals surface area contributed by atoms with E-state index in [1.165, 1.54) is 17.7 Å². The smallest absolute Gasteiger partial charge is 0.340 e.